The first kappa shape index (κ1) is 26.5. The zero-order chi connectivity index (χ0) is 25.8. The Labute approximate surface area is 209 Å². The van der Waals surface area contributed by atoms with Crippen LogP contribution in [0.2, 0.25) is 5.15 Å². The summed E-state index contributed by atoms with van der Waals surface area (Å²) in [5, 5.41) is 3.13. The second-order valence-corrected chi connectivity index (χ2v) is 9.81. The molecule has 1 aromatic heterocycles. The fraction of sp³-hybridized carbons (Fsp3) is 0.333. The van der Waals surface area contributed by atoms with Crippen LogP contribution in [0.15, 0.2) is 60.8 Å². The molecule has 0 spiro atoms. The average molecular weight is 504 g/mol. The molecule has 4 nitrogen and oxygen atoms in total. The van der Waals surface area contributed by atoms with Crippen molar-refractivity contribution in [3.8, 4) is 0 Å². The highest BCUT2D eigenvalue weighted by Crippen LogP contribution is 2.30. The van der Waals surface area contributed by atoms with Crippen molar-refractivity contribution in [3.05, 3.63) is 93.8 Å². The van der Waals surface area contributed by atoms with E-state index in [0.29, 0.717) is 23.4 Å². The van der Waals surface area contributed by atoms with E-state index in [2.05, 4.69) is 31.1 Å². The molecule has 0 atom stereocenters. The minimum absolute atomic E-state index is 0.00692. The third kappa shape index (κ3) is 6.98. The molecule has 0 fully saturated rings. The third-order valence-corrected chi connectivity index (χ3v) is 5.98. The van der Waals surface area contributed by atoms with Gasteiger partial charge in [0.2, 0.25) is 0 Å². The number of alkyl halides is 3. The Morgan fingerprint density at radius 3 is 2.29 bits per heavy atom. The number of anilines is 1. The van der Waals surface area contributed by atoms with Gasteiger partial charge in [0.1, 0.15) is 5.15 Å². The Morgan fingerprint density at radius 1 is 1.00 bits per heavy atom. The van der Waals surface area contributed by atoms with Gasteiger partial charge in [0, 0.05) is 20.1 Å². The van der Waals surface area contributed by atoms with Gasteiger partial charge in [0.25, 0.3) is 5.91 Å². The minimum atomic E-state index is -4.42. The van der Waals surface area contributed by atoms with Crippen LogP contribution in [0.1, 0.15) is 53.4 Å². The molecule has 0 radical (unpaired) electrons. The molecule has 0 saturated carbocycles. The molecular weight excluding hydrogens is 475 g/mol. The van der Waals surface area contributed by atoms with Crippen molar-refractivity contribution in [2.24, 2.45) is 0 Å². The van der Waals surface area contributed by atoms with Crippen molar-refractivity contribution in [1.82, 2.24) is 9.88 Å². The highest BCUT2D eigenvalue weighted by Gasteiger charge is 2.30. The molecule has 0 bridgehead atoms. The van der Waals surface area contributed by atoms with Gasteiger partial charge in [-0.2, -0.15) is 13.2 Å². The Bertz CT molecular complexity index is 1170. The summed E-state index contributed by atoms with van der Waals surface area (Å²) < 4.78 is 39.5. The van der Waals surface area contributed by atoms with Crippen LogP contribution < -0.4 is 5.32 Å². The van der Waals surface area contributed by atoms with Crippen molar-refractivity contribution in [1.29, 1.82) is 0 Å². The lowest BCUT2D eigenvalue weighted by atomic mass is 9.87. The van der Waals surface area contributed by atoms with Gasteiger partial charge >= 0.3 is 6.18 Å². The van der Waals surface area contributed by atoms with Crippen LogP contribution in [0.5, 0.6) is 0 Å². The number of amides is 1. The van der Waals surface area contributed by atoms with Crippen molar-refractivity contribution < 1.29 is 18.0 Å². The lowest BCUT2D eigenvalue weighted by Gasteiger charge is -2.25. The van der Waals surface area contributed by atoms with Crippen LogP contribution in [0, 0.1) is 0 Å². The molecule has 0 unspecified atom stereocenters. The minimum Gasteiger partial charge on any atom is -0.386 e. The highest BCUT2D eigenvalue weighted by molar-refractivity contribution is 6.29. The summed E-state index contributed by atoms with van der Waals surface area (Å²) in [5.74, 6) is -0.287. The van der Waals surface area contributed by atoms with Crippen LogP contribution in [-0.4, -0.2) is 29.4 Å². The summed E-state index contributed by atoms with van der Waals surface area (Å²) in [7, 11) is 1.68. The van der Waals surface area contributed by atoms with E-state index >= 15 is 0 Å². The zero-order valence-corrected chi connectivity index (χ0v) is 21.0. The van der Waals surface area contributed by atoms with Gasteiger partial charge in [-0.15, -0.1) is 0 Å². The molecular formula is C27H29ClF3N3O. The maximum Gasteiger partial charge on any atom is 0.416 e. The molecule has 0 aliphatic carbocycles. The average Bonchev–Trinajstić information content (AvgIpc) is 2.80. The fourth-order valence-corrected chi connectivity index (χ4v) is 3.88. The van der Waals surface area contributed by atoms with E-state index in [4.69, 9.17) is 11.6 Å². The van der Waals surface area contributed by atoms with Crippen LogP contribution >= 0.6 is 11.6 Å². The van der Waals surface area contributed by atoms with Crippen LogP contribution in [0.25, 0.3) is 0 Å². The lowest BCUT2D eigenvalue weighted by molar-refractivity contribution is -0.137. The standard InChI is InChI=1S/C27H29ClF3N3O/c1-26(2,3)20-10-8-19(9-11-20)17-34(25(35)22-15-24(28)33-16-23(22)32-4)13-12-18-6-5-7-21(14-18)27(29,30)31/h5-11,14-16,32H,12-13,17H2,1-4H3. The number of benzene rings is 2. The highest BCUT2D eigenvalue weighted by atomic mass is 35.5. The molecule has 0 aliphatic heterocycles. The molecule has 2 aromatic carbocycles. The van der Waals surface area contributed by atoms with Gasteiger partial charge in [0.15, 0.2) is 0 Å². The van der Waals surface area contributed by atoms with Gasteiger partial charge in [0.05, 0.1) is 23.0 Å². The summed E-state index contributed by atoms with van der Waals surface area (Å²) in [4.78, 5) is 19.2. The topological polar surface area (TPSA) is 45.2 Å². The number of aromatic nitrogens is 1. The van der Waals surface area contributed by atoms with E-state index in [1.807, 2.05) is 24.3 Å². The second kappa shape index (κ2) is 10.7. The van der Waals surface area contributed by atoms with Gasteiger partial charge in [-0.05, 0) is 40.7 Å². The number of halogens is 4. The van der Waals surface area contributed by atoms with Gasteiger partial charge in [-0.25, -0.2) is 4.98 Å². The van der Waals surface area contributed by atoms with Gasteiger partial charge in [-0.1, -0.05) is 74.8 Å². The van der Waals surface area contributed by atoms with E-state index < -0.39 is 11.7 Å². The van der Waals surface area contributed by atoms with E-state index in [-0.39, 0.29) is 29.4 Å². The molecule has 3 rings (SSSR count). The molecule has 186 valence electrons. The Morgan fingerprint density at radius 2 is 1.69 bits per heavy atom. The van der Waals surface area contributed by atoms with Crippen molar-refractivity contribution >= 4 is 23.2 Å². The summed E-state index contributed by atoms with van der Waals surface area (Å²) >= 11 is 6.06. The Balaban J connectivity index is 1.90. The van der Waals surface area contributed by atoms with Crippen LogP contribution in [-0.2, 0) is 24.6 Å². The number of nitrogens with one attached hydrogen (secondary N) is 1. The predicted octanol–water partition coefficient (Wildman–Crippen LogP) is 6.98. The van der Waals surface area contributed by atoms with Gasteiger partial charge < -0.3 is 10.2 Å². The molecule has 0 saturated heterocycles. The zero-order valence-electron chi connectivity index (χ0n) is 20.2. The molecule has 1 heterocycles. The number of nitrogens with zero attached hydrogens (tertiary/aromatic N) is 2. The number of rotatable bonds is 7. The smallest absolute Gasteiger partial charge is 0.386 e. The number of hydrogen-bond acceptors (Lipinski definition) is 3. The monoisotopic (exact) mass is 503 g/mol. The third-order valence-electron chi connectivity index (χ3n) is 5.78. The first-order valence-electron chi connectivity index (χ1n) is 11.3. The van der Waals surface area contributed by atoms with E-state index in [1.54, 1.807) is 18.0 Å². The molecule has 8 heteroatoms. The van der Waals surface area contributed by atoms with Crippen LogP contribution in [0.3, 0.4) is 0 Å². The van der Waals surface area contributed by atoms with Crippen molar-refractivity contribution in [2.75, 3.05) is 18.9 Å². The van der Waals surface area contributed by atoms with E-state index in [1.165, 1.54) is 23.9 Å². The second-order valence-electron chi connectivity index (χ2n) is 9.42. The first-order valence-corrected chi connectivity index (χ1v) is 11.6. The largest absolute Gasteiger partial charge is 0.416 e. The molecule has 0 aliphatic rings. The number of carbonyl (C=O) groups is 1. The Hall–Kier alpha value is -3.06. The normalized spacial score (nSPS) is 11.9. The lowest BCUT2D eigenvalue weighted by Crippen LogP contribution is -2.33. The number of carbonyl (C=O) groups excluding carboxylic acids is 1. The SMILES string of the molecule is CNc1cnc(Cl)cc1C(=O)N(CCc1cccc(C(F)(F)F)c1)Cc1ccc(C(C)(C)C)cc1. The first-order chi connectivity index (χ1) is 16.4. The van der Waals surface area contributed by atoms with E-state index in [9.17, 15) is 18.0 Å². The van der Waals surface area contributed by atoms with Crippen LogP contribution in [0.4, 0.5) is 18.9 Å². The maximum absolute atomic E-state index is 13.6. The number of hydrogen-bond donors (Lipinski definition) is 1. The quantitative estimate of drug-likeness (QED) is 0.354. The summed E-state index contributed by atoms with van der Waals surface area (Å²) in [6.45, 7) is 6.90. The maximum atomic E-state index is 13.6. The van der Waals surface area contributed by atoms with E-state index in [0.717, 1.165) is 17.7 Å². The molecule has 3 aromatic rings. The predicted molar refractivity (Wildman–Crippen MR) is 134 cm³/mol. The van der Waals surface area contributed by atoms with Gasteiger partial charge in [-0.3, -0.25) is 4.79 Å². The molecule has 1 N–H and O–H groups in total. The van der Waals surface area contributed by atoms with Crippen molar-refractivity contribution in [2.45, 2.75) is 45.3 Å². The summed E-state index contributed by atoms with van der Waals surface area (Å²) in [6.07, 6.45) is -2.67. The van der Waals surface area contributed by atoms with Crippen molar-refractivity contribution in [3.63, 3.8) is 0 Å². The summed E-state index contributed by atoms with van der Waals surface area (Å²) in [5.41, 5.74) is 2.75. The Kier molecular flexibility index (Phi) is 8.11. The molecule has 35 heavy (non-hydrogen) atoms. The fourth-order valence-electron chi connectivity index (χ4n) is 3.73. The number of pyridine rings is 1. The molecule has 1 amide bonds. The summed E-state index contributed by atoms with van der Waals surface area (Å²) in [6, 6.07) is 14.7.